The highest BCUT2D eigenvalue weighted by Gasteiger charge is 2.30. The lowest BCUT2D eigenvalue weighted by molar-refractivity contribution is 0.204. The second-order valence-corrected chi connectivity index (χ2v) is 7.28. The van der Waals surface area contributed by atoms with Crippen LogP contribution in [-0.4, -0.2) is 42.1 Å². The van der Waals surface area contributed by atoms with Crippen molar-refractivity contribution in [3.63, 3.8) is 0 Å². The molecule has 1 atom stereocenters. The summed E-state index contributed by atoms with van der Waals surface area (Å²) in [4.78, 5) is 18.6. The highest BCUT2D eigenvalue weighted by Crippen LogP contribution is 2.34. The SMILES string of the molecule is C#CC(C)(c1ccc(Cl)cc1)c1csc(NC(=O)N2CCNCC2)n1. The fourth-order valence-corrected chi connectivity index (χ4v) is 3.62. The Hall–Kier alpha value is -2.07. The van der Waals surface area contributed by atoms with Crippen molar-refractivity contribution < 1.29 is 4.79 Å². The quantitative estimate of drug-likeness (QED) is 0.811. The molecule has 25 heavy (non-hydrogen) atoms. The van der Waals surface area contributed by atoms with Gasteiger partial charge >= 0.3 is 6.03 Å². The second kappa shape index (κ2) is 7.44. The summed E-state index contributed by atoms with van der Waals surface area (Å²) in [5.74, 6) is 2.83. The van der Waals surface area contributed by atoms with Crippen molar-refractivity contribution in [3.8, 4) is 12.3 Å². The average Bonchev–Trinajstić information content (AvgIpc) is 3.11. The number of nitrogens with one attached hydrogen (secondary N) is 2. The Bertz CT molecular complexity index is 792. The minimum absolute atomic E-state index is 0.128. The van der Waals surface area contributed by atoms with Crippen LogP contribution in [0.2, 0.25) is 5.02 Å². The van der Waals surface area contributed by atoms with Crippen molar-refractivity contribution in [1.82, 2.24) is 15.2 Å². The zero-order chi connectivity index (χ0) is 17.9. The van der Waals surface area contributed by atoms with Gasteiger partial charge in [0.2, 0.25) is 0 Å². The summed E-state index contributed by atoms with van der Waals surface area (Å²) in [6, 6.07) is 7.30. The summed E-state index contributed by atoms with van der Waals surface area (Å²) in [5, 5.41) is 9.19. The van der Waals surface area contributed by atoms with E-state index < -0.39 is 5.41 Å². The van der Waals surface area contributed by atoms with Gasteiger partial charge < -0.3 is 10.2 Å². The molecule has 130 valence electrons. The van der Waals surface area contributed by atoms with E-state index >= 15 is 0 Å². The number of amides is 2. The highest BCUT2D eigenvalue weighted by atomic mass is 35.5. The summed E-state index contributed by atoms with van der Waals surface area (Å²) in [5.41, 5.74) is 0.988. The molecule has 2 amide bonds. The van der Waals surface area contributed by atoms with Crippen molar-refractivity contribution in [2.75, 3.05) is 31.5 Å². The number of terminal acetylenes is 1. The van der Waals surface area contributed by atoms with E-state index in [2.05, 4.69) is 21.5 Å². The van der Waals surface area contributed by atoms with Crippen LogP contribution < -0.4 is 10.6 Å². The number of hydrogen-bond donors (Lipinski definition) is 2. The van der Waals surface area contributed by atoms with Crippen LogP contribution in [0.1, 0.15) is 18.2 Å². The maximum Gasteiger partial charge on any atom is 0.323 e. The van der Waals surface area contributed by atoms with Gasteiger partial charge in [-0.25, -0.2) is 9.78 Å². The first-order valence-electron chi connectivity index (χ1n) is 7.99. The number of nitrogens with zero attached hydrogens (tertiary/aromatic N) is 2. The zero-order valence-electron chi connectivity index (χ0n) is 13.9. The van der Waals surface area contributed by atoms with Gasteiger partial charge in [0.1, 0.15) is 0 Å². The fourth-order valence-electron chi connectivity index (χ4n) is 2.69. The van der Waals surface area contributed by atoms with Gasteiger partial charge in [-0.05, 0) is 24.6 Å². The number of rotatable bonds is 3. The maximum absolute atomic E-state index is 12.3. The summed E-state index contributed by atoms with van der Waals surface area (Å²) < 4.78 is 0. The molecule has 2 N–H and O–H groups in total. The number of urea groups is 1. The molecule has 2 aromatic rings. The van der Waals surface area contributed by atoms with Crippen molar-refractivity contribution >= 4 is 34.1 Å². The first-order valence-corrected chi connectivity index (χ1v) is 9.25. The molecule has 1 aromatic carbocycles. The zero-order valence-corrected chi connectivity index (χ0v) is 15.5. The van der Waals surface area contributed by atoms with Gasteiger partial charge in [0.05, 0.1) is 11.1 Å². The van der Waals surface area contributed by atoms with Gasteiger partial charge in [-0.3, -0.25) is 5.32 Å². The molecule has 0 aliphatic carbocycles. The third kappa shape index (κ3) is 3.79. The van der Waals surface area contributed by atoms with Crippen molar-refractivity contribution in [1.29, 1.82) is 0 Å². The summed E-state index contributed by atoms with van der Waals surface area (Å²) in [6.45, 7) is 4.94. The van der Waals surface area contributed by atoms with E-state index in [-0.39, 0.29) is 6.03 Å². The standard InChI is InChI=1S/C18H19ClN4OS/c1-3-18(2,13-4-6-14(19)7-5-13)15-12-25-16(21-15)22-17(24)23-10-8-20-9-11-23/h1,4-7,12,20H,8-11H2,2H3,(H,21,22,24). The second-order valence-electron chi connectivity index (χ2n) is 5.98. The van der Waals surface area contributed by atoms with Crippen molar-refractivity contribution in [2.24, 2.45) is 0 Å². The number of carbonyl (C=O) groups is 1. The van der Waals surface area contributed by atoms with Gasteiger partial charge in [0.15, 0.2) is 5.13 Å². The molecule has 0 radical (unpaired) electrons. The Kier molecular flexibility index (Phi) is 5.28. The number of hydrogen-bond acceptors (Lipinski definition) is 4. The number of anilines is 1. The first kappa shape index (κ1) is 17.7. The Balaban J connectivity index is 1.78. The maximum atomic E-state index is 12.3. The number of thiazole rings is 1. The molecule has 0 bridgehead atoms. The normalized spacial score (nSPS) is 16.8. The topological polar surface area (TPSA) is 57.3 Å². The minimum atomic E-state index is -0.681. The van der Waals surface area contributed by atoms with Crippen LogP contribution in [0.25, 0.3) is 0 Å². The molecule has 7 heteroatoms. The van der Waals surface area contributed by atoms with Crippen LogP contribution in [0.3, 0.4) is 0 Å². The van der Waals surface area contributed by atoms with E-state index in [0.29, 0.717) is 23.2 Å². The largest absolute Gasteiger partial charge is 0.323 e. The Morgan fingerprint density at radius 1 is 1.40 bits per heavy atom. The van der Waals surface area contributed by atoms with Crippen molar-refractivity contribution in [3.05, 3.63) is 45.9 Å². The van der Waals surface area contributed by atoms with Crippen LogP contribution in [-0.2, 0) is 5.41 Å². The van der Waals surface area contributed by atoms with Crippen LogP contribution in [0, 0.1) is 12.3 Å². The number of benzene rings is 1. The highest BCUT2D eigenvalue weighted by molar-refractivity contribution is 7.14. The molecule has 1 saturated heterocycles. The number of halogens is 1. The molecular formula is C18H19ClN4OS. The molecule has 1 aliphatic heterocycles. The molecular weight excluding hydrogens is 356 g/mol. The van der Waals surface area contributed by atoms with Gasteiger partial charge in [-0.1, -0.05) is 29.7 Å². The summed E-state index contributed by atoms with van der Waals surface area (Å²) in [6.07, 6.45) is 5.82. The van der Waals surface area contributed by atoms with Crippen molar-refractivity contribution in [2.45, 2.75) is 12.3 Å². The summed E-state index contributed by atoms with van der Waals surface area (Å²) in [7, 11) is 0. The van der Waals surface area contributed by atoms with E-state index in [9.17, 15) is 4.79 Å². The Morgan fingerprint density at radius 2 is 2.08 bits per heavy atom. The minimum Gasteiger partial charge on any atom is -0.322 e. The molecule has 1 unspecified atom stereocenters. The Morgan fingerprint density at radius 3 is 2.72 bits per heavy atom. The van der Waals surface area contributed by atoms with Crippen LogP contribution in [0.15, 0.2) is 29.6 Å². The van der Waals surface area contributed by atoms with Gasteiger partial charge in [-0.2, -0.15) is 0 Å². The monoisotopic (exact) mass is 374 g/mol. The smallest absolute Gasteiger partial charge is 0.322 e. The number of aromatic nitrogens is 1. The van der Waals surface area contributed by atoms with E-state index in [1.54, 1.807) is 4.90 Å². The predicted molar refractivity (Wildman–Crippen MR) is 102 cm³/mol. The van der Waals surface area contributed by atoms with Gasteiger partial charge in [-0.15, -0.1) is 17.8 Å². The third-order valence-corrected chi connectivity index (χ3v) is 5.35. The van der Waals surface area contributed by atoms with E-state index in [4.69, 9.17) is 18.0 Å². The third-order valence-electron chi connectivity index (χ3n) is 4.34. The van der Waals surface area contributed by atoms with E-state index in [0.717, 1.165) is 24.3 Å². The molecule has 1 fully saturated rings. The van der Waals surface area contributed by atoms with E-state index in [1.807, 2.05) is 36.6 Å². The average molecular weight is 375 g/mol. The molecule has 2 heterocycles. The van der Waals surface area contributed by atoms with Gasteiger partial charge in [0, 0.05) is 36.6 Å². The lowest BCUT2D eigenvalue weighted by Gasteiger charge is -2.27. The first-order chi connectivity index (χ1) is 12.0. The predicted octanol–water partition coefficient (Wildman–Crippen LogP) is 3.17. The van der Waals surface area contributed by atoms with Gasteiger partial charge in [0.25, 0.3) is 0 Å². The van der Waals surface area contributed by atoms with Crippen LogP contribution in [0.4, 0.5) is 9.93 Å². The molecule has 0 spiro atoms. The lowest BCUT2D eigenvalue weighted by Crippen LogP contribution is -2.48. The molecule has 5 nitrogen and oxygen atoms in total. The Labute approximate surface area is 156 Å². The lowest BCUT2D eigenvalue weighted by atomic mass is 9.81. The summed E-state index contributed by atoms with van der Waals surface area (Å²) >= 11 is 7.34. The molecule has 1 aliphatic rings. The molecule has 0 saturated carbocycles. The number of piperazine rings is 1. The fraction of sp³-hybridized carbons (Fsp3) is 0.333. The number of carbonyl (C=O) groups excluding carboxylic acids is 1. The van der Waals surface area contributed by atoms with Crippen LogP contribution in [0.5, 0.6) is 0 Å². The van der Waals surface area contributed by atoms with Crippen LogP contribution >= 0.6 is 22.9 Å². The van der Waals surface area contributed by atoms with E-state index in [1.165, 1.54) is 11.3 Å². The molecule has 3 rings (SSSR count). The molecule has 1 aromatic heterocycles.